The third-order valence-corrected chi connectivity index (χ3v) is 3.14. The predicted octanol–water partition coefficient (Wildman–Crippen LogP) is 0.775. The van der Waals surface area contributed by atoms with Crippen molar-refractivity contribution in [3.05, 3.63) is 41.6 Å². The van der Waals surface area contributed by atoms with Gasteiger partial charge in [-0.05, 0) is 21.8 Å². The zero-order chi connectivity index (χ0) is 15.1. The van der Waals surface area contributed by atoms with E-state index in [0.717, 1.165) is 6.54 Å². The first-order valence-electron chi connectivity index (χ1n) is 6.80. The summed E-state index contributed by atoms with van der Waals surface area (Å²) in [5.74, 6) is 0.0297. The van der Waals surface area contributed by atoms with Gasteiger partial charge in [-0.25, -0.2) is 4.63 Å². The van der Waals surface area contributed by atoms with E-state index >= 15 is 0 Å². The highest BCUT2D eigenvalue weighted by Crippen LogP contribution is 2.12. The quantitative estimate of drug-likeness (QED) is 0.650. The molecule has 0 aliphatic carbocycles. The zero-order valence-electron chi connectivity index (χ0n) is 11.9. The second kappa shape index (κ2) is 7.39. The second-order valence-corrected chi connectivity index (χ2v) is 4.77. The van der Waals surface area contributed by atoms with Gasteiger partial charge in [-0.3, -0.25) is 4.79 Å². The lowest BCUT2D eigenvalue weighted by Gasteiger charge is -2.13. The standard InChI is InChI=1S/C14H19N5O2/c1-10(11-5-3-2-4-6-11)9-16-7-8-17-14(20)12-13(15)19-21-18-12/h2-6,10,16H,7-9H2,1H3,(H2,15,19)(H,17,20). The van der Waals surface area contributed by atoms with Crippen LogP contribution in [0.1, 0.15) is 28.9 Å². The van der Waals surface area contributed by atoms with Gasteiger partial charge in [0, 0.05) is 19.6 Å². The van der Waals surface area contributed by atoms with Gasteiger partial charge in [0.05, 0.1) is 0 Å². The molecule has 0 spiro atoms. The van der Waals surface area contributed by atoms with Crippen molar-refractivity contribution in [2.24, 2.45) is 0 Å². The van der Waals surface area contributed by atoms with Crippen LogP contribution in [0.2, 0.25) is 0 Å². The summed E-state index contributed by atoms with van der Waals surface area (Å²) in [6.45, 7) is 4.14. The lowest BCUT2D eigenvalue weighted by Crippen LogP contribution is -2.33. The van der Waals surface area contributed by atoms with Gasteiger partial charge in [0.2, 0.25) is 11.5 Å². The number of hydrogen-bond donors (Lipinski definition) is 3. The van der Waals surface area contributed by atoms with Crippen molar-refractivity contribution in [2.45, 2.75) is 12.8 Å². The number of nitrogen functional groups attached to an aromatic ring is 1. The highest BCUT2D eigenvalue weighted by molar-refractivity contribution is 5.95. The van der Waals surface area contributed by atoms with E-state index in [4.69, 9.17) is 5.73 Å². The fourth-order valence-corrected chi connectivity index (χ4v) is 1.92. The van der Waals surface area contributed by atoms with E-state index in [9.17, 15) is 4.79 Å². The van der Waals surface area contributed by atoms with Gasteiger partial charge in [-0.2, -0.15) is 0 Å². The maximum atomic E-state index is 11.7. The van der Waals surface area contributed by atoms with Crippen LogP contribution in [0.5, 0.6) is 0 Å². The van der Waals surface area contributed by atoms with Crippen molar-refractivity contribution < 1.29 is 9.42 Å². The first-order valence-corrected chi connectivity index (χ1v) is 6.80. The molecule has 7 nitrogen and oxygen atoms in total. The maximum Gasteiger partial charge on any atom is 0.277 e. The summed E-state index contributed by atoms with van der Waals surface area (Å²) in [4.78, 5) is 11.7. The number of rotatable bonds is 7. The first kappa shape index (κ1) is 15.0. The monoisotopic (exact) mass is 289 g/mol. The molecule has 0 bridgehead atoms. The van der Waals surface area contributed by atoms with E-state index in [-0.39, 0.29) is 17.4 Å². The molecule has 1 amide bonds. The number of carbonyl (C=O) groups is 1. The van der Waals surface area contributed by atoms with E-state index in [1.54, 1.807) is 0 Å². The number of anilines is 1. The average molecular weight is 289 g/mol. The predicted molar refractivity (Wildman–Crippen MR) is 78.8 cm³/mol. The summed E-state index contributed by atoms with van der Waals surface area (Å²) in [5.41, 5.74) is 6.74. The Hall–Kier alpha value is -2.41. The summed E-state index contributed by atoms with van der Waals surface area (Å²) in [5, 5.41) is 12.8. The molecule has 112 valence electrons. The van der Waals surface area contributed by atoms with E-state index in [0.29, 0.717) is 19.0 Å². The van der Waals surface area contributed by atoms with Crippen LogP contribution >= 0.6 is 0 Å². The molecule has 1 unspecified atom stereocenters. The van der Waals surface area contributed by atoms with Gasteiger partial charge in [-0.1, -0.05) is 37.3 Å². The maximum absolute atomic E-state index is 11.7. The minimum Gasteiger partial charge on any atom is -0.379 e. The highest BCUT2D eigenvalue weighted by Gasteiger charge is 2.14. The Bertz CT molecular complexity index is 570. The van der Waals surface area contributed by atoms with E-state index in [1.807, 2.05) is 18.2 Å². The molecular formula is C14H19N5O2. The number of nitrogens with one attached hydrogen (secondary N) is 2. The van der Waals surface area contributed by atoms with Crippen molar-refractivity contribution >= 4 is 11.7 Å². The molecule has 1 heterocycles. The van der Waals surface area contributed by atoms with Crippen LogP contribution in [0.15, 0.2) is 35.0 Å². The molecule has 0 aliphatic heterocycles. The van der Waals surface area contributed by atoms with E-state index in [1.165, 1.54) is 5.56 Å². The number of benzene rings is 1. The highest BCUT2D eigenvalue weighted by atomic mass is 16.6. The van der Waals surface area contributed by atoms with Crippen LogP contribution in [-0.4, -0.2) is 35.9 Å². The molecular weight excluding hydrogens is 270 g/mol. The Labute approximate surface area is 122 Å². The second-order valence-electron chi connectivity index (χ2n) is 4.77. The van der Waals surface area contributed by atoms with Crippen LogP contribution < -0.4 is 16.4 Å². The van der Waals surface area contributed by atoms with Gasteiger partial charge in [0.15, 0.2) is 0 Å². The summed E-state index contributed by atoms with van der Waals surface area (Å²) in [7, 11) is 0. The largest absolute Gasteiger partial charge is 0.379 e. The SMILES string of the molecule is CC(CNCCNC(=O)c1nonc1N)c1ccccc1. The molecule has 1 aromatic heterocycles. The molecule has 0 saturated carbocycles. The minimum atomic E-state index is -0.383. The van der Waals surface area contributed by atoms with Crippen molar-refractivity contribution in [3.8, 4) is 0 Å². The zero-order valence-corrected chi connectivity index (χ0v) is 11.9. The average Bonchev–Trinajstić information content (AvgIpc) is 2.93. The van der Waals surface area contributed by atoms with Crippen LogP contribution in [0, 0.1) is 0 Å². The Morgan fingerprint density at radius 3 is 2.71 bits per heavy atom. The van der Waals surface area contributed by atoms with Crippen molar-refractivity contribution in [1.82, 2.24) is 20.9 Å². The Morgan fingerprint density at radius 2 is 2.05 bits per heavy atom. The third-order valence-electron chi connectivity index (χ3n) is 3.14. The minimum absolute atomic E-state index is 0.00170. The summed E-state index contributed by atoms with van der Waals surface area (Å²) in [6.07, 6.45) is 0. The third kappa shape index (κ3) is 4.28. The Balaban J connectivity index is 1.64. The molecule has 7 heteroatoms. The van der Waals surface area contributed by atoms with E-state index in [2.05, 4.69) is 44.6 Å². The number of aromatic nitrogens is 2. The molecule has 0 saturated heterocycles. The number of nitrogens with two attached hydrogens (primary N) is 1. The Morgan fingerprint density at radius 1 is 1.29 bits per heavy atom. The molecule has 1 atom stereocenters. The lowest BCUT2D eigenvalue weighted by atomic mass is 10.0. The number of carbonyl (C=O) groups excluding carboxylic acids is 1. The lowest BCUT2D eigenvalue weighted by molar-refractivity contribution is 0.0944. The molecule has 2 rings (SSSR count). The van der Waals surface area contributed by atoms with Crippen molar-refractivity contribution in [2.75, 3.05) is 25.4 Å². The number of nitrogens with zero attached hydrogens (tertiary/aromatic N) is 2. The Kier molecular flexibility index (Phi) is 5.28. The molecule has 0 aliphatic rings. The van der Waals surface area contributed by atoms with Crippen LogP contribution in [0.25, 0.3) is 0 Å². The van der Waals surface area contributed by atoms with Crippen LogP contribution in [0.4, 0.5) is 5.82 Å². The first-order chi connectivity index (χ1) is 10.2. The molecule has 4 N–H and O–H groups in total. The number of hydrogen-bond acceptors (Lipinski definition) is 6. The van der Waals surface area contributed by atoms with E-state index < -0.39 is 0 Å². The topological polar surface area (TPSA) is 106 Å². The molecule has 21 heavy (non-hydrogen) atoms. The van der Waals surface area contributed by atoms with Gasteiger partial charge in [0.1, 0.15) is 0 Å². The summed E-state index contributed by atoms with van der Waals surface area (Å²) < 4.78 is 4.37. The molecule has 2 aromatic rings. The van der Waals surface area contributed by atoms with Crippen molar-refractivity contribution in [3.63, 3.8) is 0 Å². The van der Waals surface area contributed by atoms with Crippen LogP contribution in [-0.2, 0) is 0 Å². The fourth-order valence-electron chi connectivity index (χ4n) is 1.92. The van der Waals surface area contributed by atoms with Gasteiger partial charge in [0.25, 0.3) is 5.91 Å². The summed E-state index contributed by atoms with van der Waals surface area (Å²) in [6, 6.07) is 10.3. The van der Waals surface area contributed by atoms with Gasteiger partial charge < -0.3 is 16.4 Å². The van der Waals surface area contributed by atoms with Gasteiger partial charge >= 0.3 is 0 Å². The smallest absolute Gasteiger partial charge is 0.277 e. The molecule has 1 aromatic carbocycles. The molecule has 0 radical (unpaired) electrons. The normalized spacial score (nSPS) is 12.0. The van der Waals surface area contributed by atoms with Gasteiger partial charge in [-0.15, -0.1) is 0 Å². The van der Waals surface area contributed by atoms with Crippen molar-refractivity contribution in [1.29, 1.82) is 0 Å². The summed E-state index contributed by atoms with van der Waals surface area (Å²) >= 11 is 0. The fraction of sp³-hybridized carbons (Fsp3) is 0.357. The molecule has 0 fully saturated rings. The van der Waals surface area contributed by atoms with Crippen LogP contribution in [0.3, 0.4) is 0 Å². The number of amides is 1.